The van der Waals surface area contributed by atoms with Gasteiger partial charge in [-0.25, -0.2) is 0 Å². The topological polar surface area (TPSA) is 80.0 Å². The summed E-state index contributed by atoms with van der Waals surface area (Å²) >= 11 is 0. The lowest BCUT2D eigenvalue weighted by molar-refractivity contribution is 0.0316. The number of morpholine rings is 1. The van der Waals surface area contributed by atoms with Gasteiger partial charge in [-0.2, -0.15) is 0 Å². The molecule has 2 aliphatic rings. The average Bonchev–Trinajstić information content (AvgIpc) is 3.31. The van der Waals surface area contributed by atoms with E-state index in [0.29, 0.717) is 32.1 Å². The normalized spacial score (nSPS) is 17.1. The number of carbonyl (C=O) groups excluding carboxylic acids is 1. The number of furan rings is 1. The van der Waals surface area contributed by atoms with Crippen molar-refractivity contribution < 1.29 is 13.9 Å². The maximum Gasteiger partial charge on any atom is 0.263 e. The third-order valence-corrected chi connectivity index (χ3v) is 6.25. The van der Waals surface area contributed by atoms with Crippen molar-refractivity contribution in [3.63, 3.8) is 0 Å². The van der Waals surface area contributed by atoms with Crippen molar-refractivity contribution in [1.29, 1.82) is 0 Å². The fourth-order valence-electron chi connectivity index (χ4n) is 4.36. The Bertz CT molecular complexity index is 923. The van der Waals surface area contributed by atoms with Crippen LogP contribution in [0.3, 0.4) is 0 Å². The van der Waals surface area contributed by atoms with Gasteiger partial charge in [0.25, 0.3) is 11.5 Å². The summed E-state index contributed by atoms with van der Waals surface area (Å²) in [6, 6.07) is 5.70. The van der Waals surface area contributed by atoms with E-state index in [9.17, 15) is 9.59 Å². The number of pyridine rings is 1. The number of aromatic nitrogens is 1. The highest BCUT2D eigenvalue weighted by Crippen LogP contribution is 2.18. The van der Waals surface area contributed by atoms with Crippen LogP contribution in [0.2, 0.25) is 0 Å². The minimum absolute atomic E-state index is 0. The summed E-state index contributed by atoms with van der Waals surface area (Å²) in [4.78, 5) is 31.1. The minimum Gasteiger partial charge on any atom is -0.467 e. The Balaban J connectivity index is 0.00000193. The monoisotopic (exact) mass is 500 g/mol. The first kappa shape index (κ1) is 27.4. The molecule has 0 atom stereocenters. The van der Waals surface area contributed by atoms with E-state index in [1.54, 1.807) is 15.7 Å². The molecule has 33 heavy (non-hydrogen) atoms. The standard InChI is InChI=1S/C23H32N4O4.2ClH/c1-18-6-9-27(19-4-7-24-8-5-19)23(29)21(18)22(28)26(17-20-3-2-14-31-20)11-10-25-12-15-30-16-13-25;;/h2-3,6,9,14,19,24H,4-5,7-8,10-13,15-17H2,1H3;2*1H. The molecule has 184 valence electrons. The molecule has 4 heterocycles. The highest BCUT2D eigenvalue weighted by atomic mass is 35.5. The molecular weight excluding hydrogens is 467 g/mol. The highest BCUT2D eigenvalue weighted by molar-refractivity contribution is 5.95. The van der Waals surface area contributed by atoms with Gasteiger partial charge in [0, 0.05) is 38.4 Å². The van der Waals surface area contributed by atoms with Crippen molar-refractivity contribution in [2.45, 2.75) is 32.4 Å². The van der Waals surface area contributed by atoms with Crippen molar-refractivity contribution in [3.8, 4) is 0 Å². The third-order valence-electron chi connectivity index (χ3n) is 6.25. The fourth-order valence-corrected chi connectivity index (χ4v) is 4.36. The summed E-state index contributed by atoms with van der Waals surface area (Å²) < 4.78 is 12.7. The molecule has 1 N–H and O–H groups in total. The number of nitrogens with zero attached hydrogens (tertiary/aromatic N) is 3. The Morgan fingerprint density at radius 2 is 1.91 bits per heavy atom. The van der Waals surface area contributed by atoms with Gasteiger partial charge in [0.2, 0.25) is 0 Å². The molecule has 2 fully saturated rings. The van der Waals surface area contributed by atoms with Gasteiger partial charge in [-0.15, -0.1) is 24.8 Å². The number of hydrogen-bond donors (Lipinski definition) is 1. The van der Waals surface area contributed by atoms with Gasteiger partial charge in [-0.1, -0.05) is 0 Å². The summed E-state index contributed by atoms with van der Waals surface area (Å²) in [5.41, 5.74) is 0.804. The first-order valence-electron chi connectivity index (χ1n) is 11.2. The zero-order chi connectivity index (χ0) is 21.6. The molecule has 1 amide bonds. The molecule has 2 aromatic rings. The summed E-state index contributed by atoms with van der Waals surface area (Å²) in [5, 5.41) is 3.33. The maximum atomic E-state index is 13.6. The molecule has 2 aliphatic heterocycles. The van der Waals surface area contributed by atoms with E-state index >= 15 is 0 Å². The molecule has 4 rings (SSSR count). The second-order valence-electron chi connectivity index (χ2n) is 8.33. The van der Waals surface area contributed by atoms with Crippen molar-refractivity contribution in [2.75, 3.05) is 52.5 Å². The number of hydrogen-bond acceptors (Lipinski definition) is 6. The van der Waals surface area contributed by atoms with Gasteiger partial charge in [-0.3, -0.25) is 14.5 Å². The van der Waals surface area contributed by atoms with Gasteiger partial charge in [0.05, 0.1) is 26.0 Å². The molecule has 0 unspecified atom stereocenters. The smallest absolute Gasteiger partial charge is 0.263 e. The summed E-state index contributed by atoms with van der Waals surface area (Å²) in [6.07, 6.45) is 5.24. The lowest BCUT2D eigenvalue weighted by atomic mass is 10.0. The first-order chi connectivity index (χ1) is 15.1. The van der Waals surface area contributed by atoms with E-state index < -0.39 is 0 Å². The van der Waals surface area contributed by atoms with E-state index in [0.717, 1.165) is 51.1 Å². The highest BCUT2D eigenvalue weighted by Gasteiger charge is 2.26. The molecular formula is C23H34Cl2N4O4. The van der Waals surface area contributed by atoms with Crippen molar-refractivity contribution in [2.24, 2.45) is 0 Å². The van der Waals surface area contributed by atoms with Gasteiger partial charge < -0.3 is 23.9 Å². The zero-order valence-electron chi connectivity index (χ0n) is 19.0. The van der Waals surface area contributed by atoms with Crippen LogP contribution in [0, 0.1) is 6.92 Å². The third kappa shape index (κ3) is 6.83. The van der Waals surface area contributed by atoms with Crippen molar-refractivity contribution in [3.05, 3.63) is 57.9 Å². The Kier molecular flexibility index (Phi) is 10.9. The fraction of sp³-hybridized carbons (Fsp3) is 0.565. The quantitative estimate of drug-likeness (QED) is 0.628. The van der Waals surface area contributed by atoms with Crippen LogP contribution in [0.25, 0.3) is 0 Å². The number of ether oxygens (including phenoxy) is 1. The van der Waals surface area contributed by atoms with Gasteiger partial charge in [-0.05, 0) is 56.6 Å². The second-order valence-corrected chi connectivity index (χ2v) is 8.33. The number of halogens is 2. The van der Waals surface area contributed by atoms with E-state index in [4.69, 9.17) is 9.15 Å². The van der Waals surface area contributed by atoms with Gasteiger partial charge in [0.1, 0.15) is 11.3 Å². The van der Waals surface area contributed by atoms with E-state index in [2.05, 4.69) is 10.2 Å². The summed E-state index contributed by atoms with van der Waals surface area (Å²) in [5.74, 6) is 0.484. The number of nitrogens with one attached hydrogen (secondary N) is 1. The number of carbonyl (C=O) groups is 1. The predicted octanol–water partition coefficient (Wildman–Crippen LogP) is 2.49. The number of aryl methyl sites for hydroxylation is 1. The largest absolute Gasteiger partial charge is 0.467 e. The maximum absolute atomic E-state index is 13.6. The zero-order valence-corrected chi connectivity index (χ0v) is 20.7. The molecule has 0 saturated carbocycles. The number of rotatable bonds is 7. The molecule has 0 spiro atoms. The molecule has 10 heteroatoms. The summed E-state index contributed by atoms with van der Waals surface area (Å²) in [6.45, 7) is 8.37. The Hall–Kier alpha value is -1.84. The minimum atomic E-state index is -0.226. The van der Waals surface area contributed by atoms with Crippen LogP contribution in [0.5, 0.6) is 0 Å². The second kappa shape index (κ2) is 13.2. The lowest BCUT2D eigenvalue weighted by Gasteiger charge is -2.30. The molecule has 0 bridgehead atoms. The van der Waals surface area contributed by atoms with Crippen LogP contribution in [-0.2, 0) is 11.3 Å². The molecule has 8 nitrogen and oxygen atoms in total. The Labute approximate surface area is 207 Å². The molecule has 0 radical (unpaired) electrons. The van der Waals surface area contributed by atoms with E-state index in [1.807, 2.05) is 31.3 Å². The van der Waals surface area contributed by atoms with Crippen molar-refractivity contribution in [1.82, 2.24) is 19.7 Å². The Morgan fingerprint density at radius 1 is 1.18 bits per heavy atom. The molecule has 0 aromatic carbocycles. The number of amides is 1. The SMILES string of the molecule is Cc1ccn(C2CCNCC2)c(=O)c1C(=O)N(CCN1CCOCC1)Cc1ccco1.Cl.Cl. The predicted molar refractivity (Wildman–Crippen MR) is 132 cm³/mol. The van der Waals surface area contributed by atoms with Crippen LogP contribution in [0.4, 0.5) is 0 Å². The van der Waals surface area contributed by atoms with Gasteiger partial charge in [0.15, 0.2) is 0 Å². The van der Waals surface area contributed by atoms with E-state index in [-0.39, 0.29) is 47.9 Å². The average molecular weight is 501 g/mol. The number of piperidine rings is 1. The molecule has 0 aliphatic carbocycles. The Morgan fingerprint density at radius 3 is 2.58 bits per heavy atom. The molecule has 2 saturated heterocycles. The van der Waals surface area contributed by atoms with Crippen LogP contribution >= 0.6 is 24.8 Å². The van der Waals surface area contributed by atoms with Crippen LogP contribution < -0.4 is 10.9 Å². The van der Waals surface area contributed by atoms with Crippen LogP contribution in [0.1, 0.15) is 40.6 Å². The molecule has 2 aromatic heterocycles. The lowest BCUT2D eigenvalue weighted by Crippen LogP contribution is -2.44. The van der Waals surface area contributed by atoms with Crippen LogP contribution in [-0.4, -0.2) is 72.8 Å². The first-order valence-corrected chi connectivity index (χ1v) is 11.2. The van der Waals surface area contributed by atoms with Gasteiger partial charge >= 0.3 is 0 Å². The van der Waals surface area contributed by atoms with Crippen LogP contribution in [0.15, 0.2) is 39.9 Å². The van der Waals surface area contributed by atoms with Crippen molar-refractivity contribution >= 4 is 30.7 Å². The summed E-state index contributed by atoms with van der Waals surface area (Å²) in [7, 11) is 0. The van der Waals surface area contributed by atoms with E-state index in [1.165, 1.54) is 0 Å².